The van der Waals surface area contributed by atoms with E-state index in [0.29, 0.717) is 5.56 Å². The fourth-order valence-corrected chi connectivity index (χ4v) is 1.98. The summed E-state index contributed by atoms with van der Waals surface area (Å²) in [6.07, 6.45) is 0. The molecule has 3 rings (SSSR count). The number of aromatic hydroxyl groups is 2. The number of rotatable bonds is 2. The normalized spacial score (nSPS) is 10.8. The van der Waals surface area contributed by atoms with Gasteiger partial charge >= 0.3 is 0 Å². The van der Waals surface area contributed by atoms with Crippen molar-refractivity contribution >= 4 is 0 Å². The zero-order valence-electron chi connectivity index (χ0n) is 11.0. The van der Waals surface area contributed by atoms with Gasteiger partial charge in [0.05, 0.1) is 5.56 Å². The van der Waals surface area contributed by atoms with Gasteiger partial charge in [-0.3, -0.25) is 0 Å². The number of hydrogen-bond donors (Lipinski definition) is 2. The van der Waals surface area contributed by atoms with Gasteiger partial charge in [-0.15, -0.1) is 0 Å². The van der Waals surface area contributed by atoms with Gasteiger partial charge in [-0.25, -0.2) is 4.39 Å². The SMILES string of the molecule is Cc1ccc(F)cc1-c1noc(-c2cccc(O)c2O)n1. The predicted molar refractivity (Wildman–Crippen MR) is 73.2 cm³/mol. The maximum absolute atomic E-state index is 13.3. The van der Waals surface area contributed by atoms with Crippen LogP contribution >= 0.6 is 0 Å². The summed E-state index contributed by atoms with van der Waals surface area (Å²) >= 11 is 0. The molecule has 5 nitrogen and oxygen atoms in total. The monoisotopic (exact) mass is 286 g/mol. The summed E-state index contributed by atoms with van der Waals surface area (Å²) < 4.78 is 18.4. The number of halogens is 1. The lowest BCUT2D eigenvalue weighted by atomic mass is 10.1. The molecule has 0 amide bonds. The molecule has 0 saturated carbocycles. The first-order valence-corrected chi connectivity index (χ1v) is 6.18. The second kappa shape index (κ2) is 4.90. The van der Waals surface area contributed by atoms with Crippen molar-refractivity contribution < 1.29 is 19.1 Å². The maximum Gasteiger partial charge on any atom is 0.262 e. The van der Waals surface area contributed by atoms with Crippen molar-refractivity contribution in [1.29, 1.82) is 0 Å². The largest absolute Gasteiger partial charge is 0.504 e. The second-order valence-corrected chi connectivity index (χ2v) is 4.56. The molecule has 2 N–H and O–H groups in total. The van der Waals surface area contributed by atoms with Gasteiger partial charge in [-0.2, -0.15) is 4.98 Å². The number of aryl methyl sites for hydroxylation is 1. The zero-order chi connectivity index (χ0) is 15.0. The third-order valence-electron chi connectivity index (χ3n) is 3.11. The summed E-state index contributed by atoms with van der Waals surface area (Å²) in [6.45, 7) is 1.80. The zero-order valence-corrected chi connectivity index (χ0v) is 11.0. The predicted octanol–water partition coefficient (Wildman–Crippen LogP) is 3.26. The lowest BCUT2D eigenvalue weighted by Gasteiger charge is -2.01. The molecule has 0 aliphatic heterocycles. The highest BCUT2D eigenvalue weighted by molar-refractivity contribution is 5.68. The smallest absolute Gasteiger partial charge is 0.262 e. The Hall–Kier alpha value is -2.89. The fourth-order valence-electron chi connectivity index (χ4n) is 1.98. The third-order valence-corrected chi connectivity index (χ3v) is 3.11. The number of para-hydroxylation sites is 1. The molecule has 1 heterocycles. The molecule has 6 heteroatoms. The van der Waals surface area contributed by atoms with Crippen molar-refractivity contribution in [1.82, 2.24) is 10.1 Å². The molecular weight excluding hydrogens is 275 g/mol. The molecule has 0 saturated heterocycles. The van der Waals surface area contributed by atoms with E-state index < -0.39 is 5.82 Å². The van der Waals surface area contributed by atoms with Crippen LogP contribution in [0, 0.1) is 12.7 Å². The van der Waals surface area contributed by atoms with Crippen molar-refractivity contribution in [3.63, 3.8) is 0 Å². The van der Waals surface area contributed by atoms with E-state index in [1.165, 1.54) is 24.3 Å². The first-order chi connectivity index (χ1) is 10.1. The topological polar surface area (TPSA) is 79.4 Å². The minimum absolute atomic E-state index is 0.0436. The van der Waals surface area contributed by atoms with E-state index in [2.05, 4.69) is 10.1 Å². The molecular formula is C15H11FN2O3. The molecule has 0 unspecified atom stereocenters. The maximum atomic E-state index is 13.3. The first kappa shape index (κ1) is 13.1. The minimum atomic E-state index is -0.401. The van der Waals surface area contributed by atoms with Gasteiger partial charge in [0, 0.05) is 5.56 Å². The Bertz CT molecular complexity index is 798. The Morgan fingerprint density at radius 1 is 1.10 bits per heavy atom. The van der Waals surface area contributed by atoms with E-state index in [0.717, 1.165) is 5.56 Å². The van der Waals surface area contributed by atoms with E-state index in [1.807, 2.05) is 0 Å². The summed E-state index contributed by atoms with van der Waals surface area (Å²) in [5.74, 6) is -0.771. The van der Waals surface area contributed by atoms with Crippen LogP contribution in [0.25, 0.3) is 22.8 Å². The van der Waals surface area contributed by atoms with Gasteiger partial charge in [-0.1, -0.05) is 17.3 Å². The van der Waals surface area contributed by atoms with Gasteiger partial charge in [0.2, 0.25) is 5.82 Å². The Morgan fingerprint density at radius 2 is 1.90 bits per heavy atom. The van der Waals surface area contributed by atoms with Gasteiger partial charge in [-0.05, 0) is 36.8 Å². The molecule has 0 atom stereocenters. The molecule has 0 bridgehead atoms. The molecule has 0 fully saturated rings. The molecule has 21 heavy (non-hydrogen) atoms. The number of aromatic nitrogens is 2. The number of nitrogens with zero attached hydrogens (tertiary/aromatic N) is 2. The molecule has 0 aliphatic rings. The van der Waals surface area contributed by atoms with Crippen LogP contribution in [0.3, 0.4) is 0 Å². The van der Waals surface area contributed by atoms with Crippen molar-refractivity contribution in [2.45, 2.75) is 6.92 Å². The van der Waals surface area contributed by atoms with Gasteiger partial charge in [0.25, 0.3) is 5.89 Å². The third kappa shape index (κ3) is 2.31. The minimum Gasteiger partial charge on any atom is -0.504 e. The average molecular weight is 286 g/mol. The molecule has 2 aromatic carbocycles. The van der Waals surface area contributed by atoms with E-state index >= 15 is 0 Å². The summed E-state index contributed by atoms with van der Waals surface area (Å²) in [5, 5.41) is 23.1. The van der Waals surface area contributed by atoms with E-state index in [9.17, 15) is 14.6 Å². The number of phenols is 2. The van der Waals surface area contributed by atoms with Crippen molar-refractivity contribution in [2.24, 2.45) is 0 Å². The second-order valence-electron chi connectivity index (χ2n) is 4.56. The summed E-state index contributed by atoms with van der Waals surface area (Å²) in [6, 6.07) is 8.69. The van der Waals surface area contributed by atoms with Crippen LogP contribution in [-0.4, -0.2) is 20.4 Å². The van der Waals surface area contributed by atoms with E-state index in [1.54, 1.807) is 19.1 Å². The standard InChI is InChI=1S/C15H11FN2O3/c1-8-5-6-9(16)7-11(8)14-17-15(21-18-14)10-3-2-4-12(19)13(10)20/h2-7,19-20H,1H3. The van der Waals surface area contributed by atoms with Crippen LogP contribution in [0.5, 0.6) is 11.5 Å². The highest BCUT2D eigenvalue weighted by Crippen LogP contribution is 2.36. The molecule has 0 radical (unpaired) electrons. The highest BCUT2D eigenvalue weighted by Gasteiger charge is 2.17. The molecule has 3 aromatic rings. The quantitative estimate of drug-likeness (QED) is 0.707. The summed E-state index contributed by atoms with van der Waals surface area (Å²) in [5.41, 5.74) is 1.51. The van der Waals surface area contributed by atoms with Crippen LogP contribution in [0.2, 0.25) is 0 Å². The van der Waals surface area contributed by atoms with Crippen LogP contribution < -0.4 is 0 Å². The summed E-state index contributed by atoms with van der Waals surface area (Å²) in [4.78, 5) is 4.14. The number of benzene rings is 2. The van der Waals surface area contributed by atoms with Crippen LogP contribution in [0.4, 0.5) is 4.39 Å². The Labute approximate surface area is 119 Å². The Kier molecular flexibility index (Phi) is 3.06. The number of hydrogen-bond acceptors (Lipinski definition) is 5. The van der Waals surface area contributed by atoms with Gasteiger partial charge < -0.3 is 14.7 Å². The molecule has 106 valence electrons. The summed E-state index contributed by atoms with van der Waals surface area (Å²) in [7, 11) is 0. The van der Waals surface area contributed by atoms with Gasteiger partial charge in [0.15, 0.2) is 11.5 Å². The van der Waals surface area contributed by atoms with E-state index in [-0.39, 0.29) is 28.8 Å². The lowest BCUT2D eigenvalue weighted by molar-refractivity contribution is 0.397. The molecule has 1 aromatic heterocycles. The van der Waals surface area contributed by atoms with E-state index in [4.69, 9.17) is 4.52 Å². The highest BCUT2D eigenvalue weighted by atomic mass is 19.1. The Morgan fingerprint density at radius 3 is 2.71 bits per heavy atom. The Balaban J connectivity index is 2.08. The first-order valence-electron chi connectivity index (χ1n) is 6.18. The van der Waals surface area contributed by atoms with Crippen molar-refractivity contribution in [2.75, 3.05) is 0 Å². The van der Waals surface area contributed by atoms with Crippen LogP contribution in [0.15, 0.2) is 40.9 Å². The number of phenolic OH excluding ortho intramolecular Hbond substituents is 2. The fraction of sp³-hybridized carbons (Fsp3) is 0.0667. The van der Waals surface area contributed by atoms with Crippen LogP contribution in [0.1, 0.15) is 5.56 Å². The average Bonchev–Trinajstić information content (AvgIpc) is 2.94. The van der Waals surface area contributed by atoms with Crippen molar-refractivity contribution in [3.8, 4) is 34.3 Å². The molecule has 0 spiro atoms. The van der Waals surface area contributed by atoms with Crippen LogP contribution in [-0.2, 0) is 0 Å². The van der Waals surface area contributed by atoms with Gasteiger partial charge in [0.1, 0.15) is 5.82 Å². The molecule has 0 aliphatic carbocycles. The van der Waals surface area contributed by atoms with Crippen molar-refractivity contribution in [3.05, 3.63) is 47.8 Å². The lowest BCUT2D eigenvalue weighted by Crippen LogP contribution is -1.87.